The first-order valence-corrected chi connectivity index (χ1v) is 5.77. The van der Waals surface area contributed by atoms with Gasteiger partial charge in [-0.1, -0.05) is 13.0 Å². The number of benzene rings is 1. The van der Waals surface area contributed by atoms with Crippen LogP contribution in [0.3, 0.4) is 0 Å². The molecule has 0 radical (unpaired) electrons. The zero-order valence-corrected chi connectivity index (χ0v) is 10.1. The SMILES string of the molecule is CCCNc1cncc(Oc2cccc(F)c2)n1. The van der Waals surface area contributed by atoms with Gasteiger partial charge < -0.3 is 10.1 Å². The smallest absolute Gasteiger partial charge is 0.239 e. The minimum atomic E-state index is -0.347. The quantitative estimate of drug-likeness (QED) is 0.881. The Morgan fingerprint density at radius 2 is 2.22 bits per heavy atom. The van der Waals surface area contributed by atoms with Gasteiger partial charge in [-0.3, -0.25) is 4.98 Å². The molecule has 5 heteroatoms. The van der Waals surface area contributed by atoms with E-state index in [0.717, 1.165) is 13.0 Å². The third-order valence-corrected chi connectivity index (χ3v) is 2.19. The van der Waals surface area contributed by atoms with E-state index >= 15 is 0 Å². The fourth-order valence-corrected chi connectivity index (χ4v) is 1.39. The molecule has 2 rings (SSSR count). The van der Waals surface area contributed by atoms with Crippen molar-refractivity contribution in [3.8, 4) is 11.6 Å². The first-order chi connectivity index (χ1) is 8.78. The first-order valence-electron chi connectivity index (χ1n) is 5.77. The van der Waals surface area contributed by atoms with Crippen molar-refractivity contribution in [2.24, 2.45) is 0 Å². The molecule has 18 heavy (non-hydrogen) atoms. The lowest BCUT2D eigenvalue weighted by Crippen LogP contribution is -2.02. The van der Waals surface area contributed by atoms with E-state index in [1.54, 1.807) is 18.3 Å². The van der Waals surface area contributed by atoms with Crippen LogP contribution in [0.15, 0.2) is 36.7 Å². The molecule has 0 fully saturated rings. The minimum absolute atomic E-state index is 0.335. The topological polar surface area (TPSA) is 47.0 Å². The number of nitrogens with one attached hydrogen (secondary N) is 1. The molecule has 1 aromatic heterocycles. The molecule has 0 aliphatic rings. The molecule has 0 saturated carbocycles. The summed E-state index contributed by atoms with van der Waals surface area (Å²) in [7, 11) is 0. The second-order valence-electron chi connectivity index (χ2n) is 3.73. The van der Waals surface area contributed by atoms with E-state index in [9.17, 15) is 4.39 Å². The predicted molar refractivity (Wildman–Crippen MR) is 67.3 cm³/mol. The molecule has 1 aromatic carbocycles. The van der Waals surface area contributed by atoms with E-state index in [4.69, 9.17) is 4.74 Å². The number of ether oxygens (including phenoxy) is 1. The van der Waals surface area contributed by atoms with Gasteiger partial charge >= 0.3 is 0 Å². The number of nitrogens with zero attached hydrogens (tertiary/aromatic N) is 2. The van der Waals surface area contributed by atoms with Gasteiger partial charge in [0.2, 0.25) is 5.88 Å². The zero-order valence-electron chi connectivity index (χ0n) is 10.1. The molecule has 0 spiro atoms. The van der Waals surface area contributed by atoms with Crippen molar-refractivity contribution in [2.45, 2.75) is 13.3 Å². The summed E-state index contributed by atoms with van der Waals surface area (Å²) in [5, 5.41) is 3.10. The second-order valence-corrected chi connectivity index (χ2v) is 3.73. The Labute approximate surface area is 105 Å². The Bertz CT molecular complexity index is 519. The van der Waals surface area contributed by atoms with Crippen LogP contribution in [0.4, 0.5) is 10.2 Å². The first kappa shape index (κ1) is 12.3. The third-order valence-electron chi connectivity index (χ3n) is 2.19. The molecule has 4 nitrogen and oxygen atoms in total. The average Bonchev–Trinajstić information content (AvgIpc) is 2.37. The summed E-state index contributed by atoms with van der Waals surface area (Å²) in [6, 6.07) is 5.90. The van der Waals surface area contributed by atoms with Gasteiger partial charge in [0.05, 0.1) is 12.4 Å². The summed E-state index contributed by atoms with van der Waals surface area (Å²) < 4.78 is 18.4. The molecule has 0 aliphatic heterocycles. The van der Waals surface area contributed by atoms with Crippen LogP contribution in [-0.4, -0.2) is 16.5 Å². The molecule has 1 heterocycles. The van der Waals surface area contributed by atoms with Gasteiger partial charge in [0.25, 0.3) is 0 Å². The molecular weight excluding hydrogens is 233 g/mol. The van der Waals surface area contributed by atoms with Gasteiger partial charge in [-0.05, 0) is 18.6 Å². The van der Waals surface area contributed by atoms with Crippen LogP contribution in [0.1, 0.15) is 13.3 Å². The van der Waals surface area contributed by atoms with Crippen LogP contribution in [-0.2, 0) is 0 Å². The number of halogens is 1. The fraction of sp³-hybridized carbons (Fsp3) is 0.231. The average molecular weight is 247 g/mol. The molecule has 0 unspecified atom stereocenters. The number of aromatic nitrogens is 2. The fourth-order valence-electron chi connectivity index (χ4n) is 1.39. The largest absolute Gasteiger partial charge is 0.437 e. The van der Waals surface area contributed by atoms with Crippen molar-refractivity contribution < 1.29 is 9.13 Å². The molecule has 94 valence electrons. The Hall–Kier alpha value is -2.17. The maximum Gasteiger partial charge on any atom is 0.239 e. The summed E-state index contributed by atoms with van der Waals surface area (Å²) in [6.07, 6.45) is 4.10. The summed E-state index contributed by atoms with van der Waals surface area (Å²) in [5.41, 5.74) is 0. The Morgan fingerprint density at radius 1 is 1.33 bits per heavy atom. The van der Waals surface area contributed by atoms with Crippen molar-refractivity contribution in [1.82, 2.24) is 9.97 Å². The molecular formula is C13H14FN3O. The summed E-state index contributed by atoms with van der Waals surface area (Å²) in [4.78, 5) is 8.23. The van der Waals surface area contributed by atoms with E-state index in [0.29, 0.717) is 17.4 Å². The van der Waals surface area contributed by atoms with Crippen LogP contribution in [0.25, 0.3) is 0 Å². The number of anilines is 1. The molecule has 0 atom stereocenters. The van der Waals surface area contributed by atoms with Crippen molar-refractivity contribution in [3.63, 3.8) is 0 Å². The number of rotatable bonds is 5. The van der Waals surface area contributed by atoms with E-state index in [2.05, 4.69) is 22.2 Å². The van der Waals surface area contributed by atoms with Gasteiger partial charge in [0.1, 0.15) is 17.4 Å². The minimum Gasteiger partial charge on any atom is -0.437 e. The van der Waals surface area contributed by atoms with Gasteiger partial charge in [-0.25, -0.2) is 4.39 Å². The highest BCUT2D eigenvalue weighted by Crippen LogP contribution is 2.20. The molecule has 2 aromatic rings. The van der Waals surface area contributed by atoms with Crippen LogP contribution >= 0.6 is 0 Å². The van der Waals surface area contributed by atoms with Crippen molar-refractivity contribution in [2.75, 3.05) is 11.9 Å². The molecule has 0 saturated heterocycles. The predicted octanol–water partition coefficient (Wildman–Crippen LogP) is 3.23. The Morgan fingerprint density at radius 3 is 3.00 bits per heavy atom. The van der Waals surface area contributed by atoms with Gasteiger partial charge in [-0.15, -0.1) is 0 Å². The van der Waals surface area contributed by atoms with Gasteiger partial charge in [-0.2, -0.15) is 4.98 Å². The standard InChI is InChI=1S/C13H14FN3O/c1-2-6-16-12-8-15-9-13(17-12)18-11-5-3-4-10(14)7-11/h3-5,7-9H,2,6H2,1H3,(H,16,17). The maximum absolute atomic E-state index is 13.0. The van der Waals surface area contributed by atoms with Crippen LogP contribution < -0.4 is 10.1 Å². The summed E-state index contributed by atoms with van der Waals surface area (Å²) in [5.74, 6) is 1.03. The molecule has 0 amide bonds. The van der Waals surface area contributed by atoms with Crippen molar-refractivity contribution in [1.29, 1.82) is 0 Å². The second kappa shape index (κ2) is 5.95. The van der Waals surface area contributed by atoms with E-state index in [-0.39, 0.29) is 5.82 Å². The molecule has 0 bridgehead atoms. The van der Waals surface area contributed by atoms with Gasteiger partial charge in [0.15, 0.2) is 0 Å². The normalized spacial score (nSPS) is 10.1. The zero-order chi connectivity index (χ0) is 12.8. The highest BCUT2D eigenvalue weighted by Gasteiger charge is 2.02. The lowest BCUT2D eigenvalue weighted by atomic mass is 10.3. The highest BCUT2D eigenvalue weighted by atomic mass is 19.1. The summed E-state index contributed by atoms with van der Waals surface area (Å²) >= 11 is 0. The van der Waals surface area contributed by atoms with E-state index in [1.165, 1.54) is 18.3 Å². The molecule has 1 N–H and O–H groups in total. The Balaban J connectivity index is 2.09. The lowest BCUT2D eigenvalue weighted by molar-refractivity contribution is 0.456. The van der Waals surface area contributed by atoms with Crippen LogP contribution in [0.5, 0.6) is 11.6 Å². The maximum atomic E-state index is 13.0. The number of hydrogen-bond donors (Lipinski definition) is 1. The lowest BCUT2D eigenvalue weighted by Gasteiger charge is -2.07. The Kier molecular flexibility index (Phi) is 4.06. The highest BCUT2D eigenvalue weighted by molar-refractivity contribution is 5.34. The third kappa shape index (κ3) is 3.41. The van der Waals surface area contributed by atoms with E-state index < -0.39 is 0 Å². The summed E-state index contributed by atoms with van der Waals surface area (Å²) in [6.45, 7) is 2.88. The van der Waals surface area contributed by atoms with Crippen LogP contribution in [0, 0.1) is 5.82 Å². The molecule has 0 aliphatic carbocycles. The van der Waals surface area contributed by atoms with Gasteiger partial charge in [0, 0.05) is 12.6 Å². The van der Waals surface area contributed by atoms with Crippen molar-refractivity contribution in [3.05, 3.63) is 42.5 Å². The van der Waals surface area contributed by atoms with Crippen molar-refractivity contribution >= 4 is 5.82 Å². The number of hydrogen-bond acceptors (Lipinski definition) is 4. The van der Waals surface area contributed by atoms with E-state index in [1.807, 2.05) is 0 Å². The van der Waals surface area contributed by atoms with Crippen LogP contribution in [0.2, 0.25) is 0 Å². The monoisotopic (exact) mass is 247 g/mol.